The standard InChI is InChI=1S/C18H20ClNO3S/c1-22-16-6-2-14(3-7-16)12-24-13-18(21)20-10-11-23-17-8-4-15(19)5-9-17/h2-9H,10-13H2,1H3,(H,20,21). The van der Waals surface area contributed by atoms with Gasteiger partial charge in [0.1, 0.15) is 18.1 Å². The molecule has 1 N–H and O–H groups in total. The number of hydrogen-bond acceptors (Lipinski definition) is 4. The molecule has 0 aromatic heterocycles. The minimum absolute atomic E-state index is 0.00761. The van der Waals surface area contributed by atoms with Gasteiger partial charge in [0.15, 0.2) is 0 Å². The van der Waals surface area contributed by atoms with Crippen LogP contribution in [-0.2, 0) is 10.5 Å². The number of nitrogens with one attached hydrogen (secondary N) is 1. The zero-order chi connectivity index (χ0) is 17.2. The summed E-state index contributed by atoms with van der Waals surface area (Å²) in [5.74, 6) is 2.80. The normalized spacial score (nSPS) is 10.2. The van der Waals surface area contributed by atoms with Gasteiger partial charge in [-0.25, -0.2) is 0 Å². The minimum atomic E-state index is 0.00761. The van der Waals surface area contributed by atoms with E-state index in [9.17, 15) is 4.79 Å². The number of halogens is 1. The maximum absolute atomic E-state index is 11.8. The molecule has 0 saturated heterocycles. The van der Waals surface area contributed by atoms with Crippen molar-refractivity contribution in [1.82, 2.24) is 5.32 Å². The molecule has 4 nitrogen and oxygen atoms in total. The minimum Gasteiger partial charge on any atom is -0.497 e. The molecule has 0 saturated carbocycles. The smallest absolute Gasteiger partial charge is 0.230 e. The monoisotopic (exact) mass is 365 g/mol. The average molecular weight is 366 g/mol. The summed E-state index contributed by atoms with van der Waals surface area (Å²) in [6.07, 6.45) is 0. The van der Waals surface area contributed by atoms with Crippen LogP contribution in [0.5, 0.6) is 11.5 Å². The fourth-order valence-electron chi connectivity index (χ4n) is 1.92. The Morgan fingerprint density at radius 3 is 2.42 bits per heavy atom. The fraction of sp³-hybridized carbons (Fsp3) is 0.278. The zero-order valence-electron chi connectivity index (χ0n) is 13.5. The molecule has 6 heteroatoms. The summed E-state index contributed by atoms with van der Waals surface area (Å²) in [4.78, 5) is 11.8. The van der Waals surface area contributed by atoms with Gasteiger partial charge in [-0.1, -0.05) is 23.7 Å². The van der Waals surface area contributed by atoms with Gasteiger partial charge in [-0.15, -0.1) is 11.8 Å². The van der Waals surface area contributed by atoms with E-state index in [1.54, 1.807) is 43.1 Å². The lowest BCUT2D eigenvalue weighted by molar-refractivity contribution is -0.118. The summed E-state index contributed by atoms with van der Waals surface area (Å²) in [7, 11) is 1.64. The number of hydrogen-bond donors (Lipinski definition) is 1. The number of methoxy groups -OCH3 is 1. The summed E-state index contributed by atoms with van der Waals surface area (Å²) >= 11 is 7.38. The third-order valence-corrected chi connectivity index (χ3v) is 4.42. The molecule has 0 unspecified atom stereocenters. The van der Waals surface area contributed by atoms with Crippen molar-refractivity contribution in [2.75, 3.05) is 26.0 Å². The molecule has 0 atom stereocenters. The van der Waals surface area contributed by atoms with E-state index in [1.165, 1.54) is 5.56 Å². The maximum atomic E-state index is 11.8. The Balaban J connectivity index is 1.56. The van der Waals surface area contributed by atoms with Gasteiger partial charge < -0.3 is 14.8 Å². The van der Waals surface area contributed by atoms with Crippen LogP contribution in [0, 0.1) is 0 Å². The van der Waals surface area contributed by atoms with E-state index in [0.717, 1.165) is 17.3 Å². The first-order chi connectivity index (χ1) is 11.7. The highest BCUT2D eigenvalue weighted by atomic mass is 35.5. The molecular weight excluding hydrogens is 346 g/mol. The van der Waals surface area contributed by atoms with Gasteiger partial charge in [-0.2, -0.15) is 0 Å². The van der Waals surface area contributed by atoms with Crippen LogP contribution in [0.25, 0.3) is 0 Å². The van der Waals surface area contributed by atoms with Gasteiger partial charge in [0, 0.05) is 10.8 Å². The third-order valence-electron chi connectivity index (χ3n) is 3.17. The summed E-state index contributed by atoms with van der Waals surface area (Å²) < 4.78 is 10.6. The second-order valence-corrected chi connectivity index (χ2v) is 6.42. The first-order valence-electron chi connectivity index (χ1n) is 7.53. The first-order valence-corrected chi connectivity index (χ1v) is 9.06. The molecule has 24 heavy (non-hydrogen) atoms. The topological polar surface area (TPSA) is 47.6 Å². The van der Waals surface area contributed by atoms with Crippen LogP contribution in [0.4, 0.5) is 0 Å². The molecule has 0 aliphatic carbocycles. The van der Waals surface area contributed by atoms with Crippen LogP contribution in [0.2, 0.25) is 5.02 Å². The summed E-state index contributed by atoms with van der Waals surface area (Å²) in [5.41, 5.74) is 1.17. The Kier molecular flexibility index (Phi) is 7.79. The molecule has 0 bridgehead atoms. The Morgan fingerprint density at radius 2 is 1.75 bits per heavy atom. The van der Waals surface area contributed by atoms with Crippen molar-refractivity contribution in [2.24, 2.45) is 0 Å². The van der Waals surface area contributed by atoms with Crippen LogP contribution in [0.1, 0.15) is 5.56 Å². The average Bonchev–Trinajstić information content (AvgIpc) is 2.61. The van der Waals surface area contributed by atoms with Gasteiger partial charge in [0.05, 0.1) is 19.4 Å². The molecule has 2 aromatic carbocycles. The predicted octanol–water partition coefficient (Wildman–Crippen LogP) is 3.78. The molecule has 2 aromatic rings. The number of carbonyl (C=O) groups excluding carboxylic acids is 1. The largest absolute Gasteiger partial charge is 0.497 e. The number of benzene rings is 2. The number of thioether (sulfide) groups is 1. The van der Waals surface area contributed by atoms with Crippen molar-refractivity contribution in [2.45, 2.75) is 5.75 Å². The lowest BCUT2D eigenvalue weighted by Gasteiger charge is -2.08. The Morgan fingerprint density at radius 1 is 1.08 bits per heavy atom. The van der Waals surface area contributed by atoms with Crippen LogP contribution in [0.3, 0.4) is 0 Å². The summed E-state index contributed by atoms with van der Waals surface area (Å²) in [5, 5.41) is 3.51. The van der Waals surface area contributed by atoms with Crippen molar-refractivity contribution in [3.05, 3.63) is 59.1 Å². The molecule has 0 aliphatic heterocycles. The second kappa shape index (κ2) is 10.1. The van der Waals surface area contributed by atoms with Crippen LogP contribution in [0.15, 0.2) is 48.5 Å². The molecule has 0 fully saturated rings. The number of ether oxygens (including phenoxy) is 2. The quantitative estimate of drug-likeness (QED) is 0.687. The fourth-order valence-corrected chi connectivity index (χ4v) is 2.87. The molecule has 0 aliphatic rings. The van der Waals surface area contributed by atoms with Crippen LogP contribution >= 0.6 is 23.4 Å². The summed E-state index contributed by atoms with van der Waals surface area (Å²) in [6.45, 7) is 0.904. The van der Waals surface area contributed by atoms with E-state index in [1.807, 2.05) is 24.3 Å². The molecule has 0 spiro atoms. The predicted molar refractivity (Wildman–Crippen MR) is 99.1 cm³/mol. The first kappa shape index (κ1) is 18.5. The highest BCUT2D eigenvalue weighted by molar-refractivity contribution is 7.99. The molecular formula is C18H20ClNO3S. The Bertz CT molecular complexity index is 632. The molecule has 0 radical (unpaired) electrons. The van der Waals surface area contributed by atoms with E-state index >= 15 is 0 Å². The van der Waals surface area contributed by atoms with Crippen LogP contribution in [-0.4, -0.2) is 31.9 Å². The van der Waals surface area contributed by atoms with E-state index in [0.29, 0.717) is 23.9 Å². The number of rotatable bonds is 9. The highest BCUT2D eigenvalue weighted by Gasteiger charge is 2.02. The maximum Gasteiger partial charge on any atom is 0.230 e. The second-order valence-electron chi connectivity index (χ2n) is 4.99. The van der Waals surface area contributed by atoms with E-state index < -0.39 is 0 Å². The zero-order valence-corrected chi connectivity index (χ0v) is 15.0. The van der Waals surface area contributed by atoms with Crippen molar-refractivity contribution in [3.63, 3.8) is 0 Å². The van der Waals surface area contributed by atoms with Crippen LogP contribution < -0.4 is 14.8 Å². The van der Waals surface area contributed by atoms with Gasteiger partial charge in [-0.3, -0.25) is 4.79 Å². The van der Waals surface area contributed by atoms with Crippen molar-refractivity contribution < 1.29 is 14.3 Å². The van der Waals surface area contributed by atoms with Gasteiger partial charge >= 0.3 is 0 Å². The van der Waals surface area contributed by atoms with Crippen molar-refractivity contribution in [1.29, 1.82) is 0 Å². The van der Waals surface area contributed by atoms with E-state index in [2.05, 4.69) is 5.32 Å². The summed E-state index contributed by atoms with van der Waals surface area (Å²) in [6, 6.07) is 15.0. The van der Waals surface area contributed by atoms with Gasteiger partial charge in [-0.05, 0) is 42.0 Å². The van der Waals surface area contributed by atoms with Gasteiger partial charge in [0.2, 0.25) is 5.91 Å². The lowest BCUT2D eigenvalue weighted by atomic mass is 10.2. The number of amides is 1. The van der Waals surface area contributed by atoms with Gasteiger partial charge in [0.25, 0.3) is 0 Å². The lowest BCUT2D eigenvalue weighted by Crippen LogP contribution is -2.29. The van der Waals surface area contributed by atoms with Crippen molar-refractivity contribution in [3.8, 4) is 11.5 Å². The SMILES string of the molecule is COc1ccc(CSCC(=O)NCCOc2ccc(Cl)cc2)cc1. The third kappa shape index (κ3) is 6.72. The molecule has 2 rings (SSSR count). The molecule has 128 valence electrons. The van der Waals surface area contributed by atoms with E-state index in [-0.39, 0.29) is 5.91 Å². The number of carbonyl (C=O) groups is 1. The Labute approximate surface area is 151 Å². The van der Waals surface area contributed by atoms with E-state index in [4.69, 9.17) is 21.1 Å². The van der Waals surface area contributed by atoms with Crippen molar-refractivity contribution >= 4 is 29.3 Å². The molecule has 1 amide bonds. The molecule has 0 heterocycles. The highest BCUT2D eigenvalue weighted by Crippen LogP contribution is 2.16. The Hall–Kier alpha value is -1.85.